The van der Waals surface area contributed by atoms with E-state index < -0.39 is 10.4 Å². The smallest absolute Gasteiger partial charge is 0.248 e. The SMILES string of the molecule is CCCCCCCCCCCOS(=O)(=O)OC(C)CCCCCC. The van der Waals surface area contributed by atoms with Crippen LogP contribution in [0.3, 0.4) is 0 Å². The second kappa shape index (κ2) is 16.3. The van der Waals surface area contributed by atoms with Crippen LogP contribution in [0.25, 0.3) is 0 Å². The number of unbranched alkanes of at least 4 members (excludes halogenated alkanes) is 11. The van der Waals surface area contributed by atoms with Gasteiger partial charge < -0.3 is 0 Å². The Labute approximate surface area is 151 Å². The Morgan fingerprint density at radius 1 is 0.708 bits per heavy atom. The van der Waals surface area contributed by atoms with E-state index in [1.165, 1.54) is 51.4 Å². The zero-order valence-electron chi connectivity index (χ0n) is 16.2. The molecule has 0 spiro atoms. The average molecular weight is 365 g/mol. The summed E-state index contributed by atoms with van der Waals surface area (Å²) in [7, 11) is -3.83. The first kappa shape index (κ1) is 23.9. The van der Waals surface area contributed by atoms with Gasteiger partial charge in [-0.25, -0.2) is 8.37 Å². The van der Waals surface area contributed by atoms with Crippen LogP contribution in [0.1, 0.15) is 111 Å². The summed E-state index contributed by atoms with van der Waals surface area (Å²) in [5, 5.41) is 0. The first-order valence-electron chi connectivity index (χ1n) is 10.1. The molecular weight excluding hydrogens is 324 g/mol. The molecule has 0 saturated carbocycles. The van der Waals surface area contributed by atoms with Gasteiger partial charge in [-0.05, 0) is 19.8 Å². The molecule has 1 atom stereocenters. The summed E-state index contributed by atoms with van der Waals surface area (Å²) in [6.45, 7) is 6.42. The Kier molecular flexibility index (Phi) is 16.3. The zero-order chi connectivity index (χ0) is 18.1. The van der Waals surface area contributed by atoms with Crippen molar-refractivity contribution in [3.8, 4) is 0 Å². The minimum atomic E-state index is -3.83. The van der Waals surface area contributed by atoms with Crippen LogP contribution in [-0.4, -0.2) is 21.1 Å². The highest BCUT2D eigenvalue weighted by Crippen LogP contribution is 2.13. The van der Waals surface area contributed by atoms with E-state index in [1.54, 1.807) is 6.92 Å². The average Bonchev–Trinajstić information content (AvgIpc) is 2.53. The molecule has 0 aliphatic carbocycles. The molecule has 146 valence electrons. The van der Waals surface area contributed by atoms with E-state index in [-0.39, 0.29) is 12.7 Å². The molecule has 24 heavy (non-hydrogen) atoms. The second-order valence-electron chi connectivity index (χ2n) is 6.81. The van der Waals surface area contributed by atoms with Crippen molar-refractivity contribution in [2.75, 3.05) is 6.61 Å². The van der Waals surface area contributed by atoms with Crippen molar-refractivity contribution in [3.63, 3.8) is 0 Å². The van der Waals surface area contributed by atoms with Crippen molar-refractivity contribution in [1.29, 1.82) is 0 Å². The molecule has 0 N–H and O–H groups in total. The largest absolute Gasteiger partial charge is 0.400 e. The van der Waals surface area contributed by atoms with E-state index in [4.69, 9.17) is 8.37 Å². The Hall–Kier alpha value is -0.130. The molecule has 0 saturated heterocycles. The van der Waals surface area contributed by atoms with Crippen LogP contribution < -0.4 is 0 Å². The molecule has 0 heterocycles. The van der Waals surface area contributed by atoms with Gasteiger partial charge in [0.1, 0.15) is 0 Å². The molecule has 0 rings (SSSR count). The maximum atomic E-state index is 11.7. The predicted molar refractivity (Wildman–Crippen MR) is 101 cm³/mol. The Morgan fingerprint density at radius 2 is 1.17 bits per heavy atom. The third-order valence-electron chi connectivity index (χ3n) is 4.22. The lowest BCUT2D eigenvalue weighted by atomic mass is 10.1. The van der Waals surface area contributed by atoms with E-state index >= 15 is 0 Å². The van der Waals surface area contributed by atoms with Crippen LogP contribution in [0.5, 0.6) is 0 Å². The van der Waals surface area contributed by atoms with Gasteiger partial charge in [0, 0.05) is 0 Å². The normalized spacial score (nSPS) is 13.3. The van der Waals surface area contributed by atoms with Gasteiger partial charge in [0.15, 0.2) is 0 Å². The minimum Gasteiger partial charge on any atom is -0.248 e. The fraction of sp³-hybridized carbons (Fsp3) is 1.00. The summed E-state index contributed by atoms with van der Waals surface area (Å²) in [6, 6.07) is 0. The summed E-state index contributed by atoms with van der Waals surface area (Å²) in [4.78, 5) is 0. The van der Waals surface area contributed by atoms with Crippen LogP contribution in [0.2, 0.25) is 0 Å². The topological polar surface area (TPSA) is 52.6 Å². The van der Waals surface area contributed by atoms with Crippen LogP contribution in [0, 0.1) is 0 Å². The number of hydrogen-bond donors (Lipinski definition) is 0. The minimum absolute atomic E-state index is 0.237. The third-order valence-corrected chi connectivity index (χ3v) is 5.24. The summed E-state index contributed by atoms with van der Waals surface area (Å²) in [5.74, 6) is 0. The highest BCUT2D eigenvalue weighted by atomic mass is 32.3. The highest BCUT2D eigenvalue weighted by molar-refractivity contribution is 7.81. The zero-order valence-corrected chi connectivity index (χ0v) is 17.0. The van der Waals surface area contributed by atoms with E-state index in [0.717, 1.165) is 38.5 Å². The maximum Gasteiger partial charge on any atom is 0.400 e. The van der Waals surface area contributed by atoms with Crippen LogP contribution in [-0.2, 0) is 18.8 Å². The van der Waals surface area contributed by atoms with E-state index in [1.807, 2.05) is 0 Å². The first-order valence-corrected chi connectivity index (χ1v) is 11.4. The quantitative estimate of drug-likeness (QED) is 0.273. The van der Waals surface area contributed by atoms with E-state index in [0.29, 0.717) is 0 Å². The molecule has 0 fully saturated rings. The van der Waals surface area contributed by atoms with E-state index in [2.05, 4.69) is 13.8 Å². The van der Waals surface area contributed by atoms with Crippen LogP contribution in [0.4, 0.5) is 0 Å². The number of rotatable bonds is 18. The van der Waals surface area contributed by atoms with Crippen molar-refractivity contribution in [2.45, 2.75) is 117 Å². The molecule has 0 aliphatic rings. The van der Waals surface area contributed by atoms with Gasteiger partial charge in [0.05, 0.1) is 12.7 Å². The molecule has 1 unspecified atom stereocenters. The standard InChI is InChI=1S/C19H40O4S/c1-4-6-8-10-11-12-13-14-16-18-22-24(20,21)23-19(3)17-15-9-7-5-2/h19H,4-18H2,1-3H3. The molecular formula is C19H40O4S. The molecule has 0 aliphatic heterocycles. The maximum absolute atomic E-state index is 11.7. The predicted octanol–water partition coefficient (Wildman–Crippen LogP) is 6.15. The molecule has 0 amide bonds. The van der Waals surface area contributed by atoms with Crippen LogP contribution >= 0.6 is 0 Å². The van der Waals surface area contributed by atoms with Gasteiger partial charge in [-0.1, -0.05) is 90.9 Å². The second-order valence-corrected chi connectivity index (χ2v) is 8.06. The fourth-order valence-electron chi connectivity index (χ4n) is 2.71. The van der Waals surface area contributed by atoms with Crippen molar-refractivity contribution in [2.24, 2.45) is 0 Å². The summed E-state index contributed by atoms with van der Waals surface area (Å²) >= 11 is 0. The molecule has 0 aromatic heterocycles. The monoisotopic (exact) mass is 364 g/mol. The molecule has 4 nitrogen and oxygen atoms in total. The Bertz CT molecular complexity index is 354. The van der Waals surface area contributed by atoms with Crippen molar-refractivity contribution in [1.82, 2.24) is 0 Å². The molecule has 0 bridgehead atoms. The molecule has 0 aromatic rings. The van der Waals surface area contributed by atoms with Gasteiger partial charge in [-0.3, -0.25) is 0 Å². The van der Waals surface area contributed by atoms with E-state index in [9.17, 15) is 8.42 Å². The van der Waals surface area contributed by atoms with Crippen LogP contribution in [0.15, 0.2) is 0 Å². The Morgan fingerprint density at radius 3 is 1.71 bits per heavy atom. The third kappa shape index (κ3) is 16.7. The molecule has 0 radical (unpaired) electrons. The van der Waals surface area contributed by atoms with Crippen molar-refractivity contribution >= 4 is 10.4 Å². The highest BCUT2D eigenvalue weighted by Gasteiger charge is 2.16. The lowest BCUT2D eigenvalue weighted by Gasteiger charge is -2.12. The lowest BCUT2D eigenvalue weighted by molar-refractivity contribution is 0.157. The Balaban J connectivity index is 3.53. The van der Waals surface area contributed by atoms with Crippen molar-refractivity contribution in [3.05, 3.63) is 0 Å². The molecule has 5 heteroatoms. The molecule has 0 aromatic carbocycles. The fourth-order valence-corrected chi connectivity index (χ4v) is 3.59. The first-order chi connectivity index (χ1) is 11.5. The summed E-state index contributed by atoms with van der Waals surface area (Å²) in [6.07, 6.45) is 15.7. The van der Waals surface area contributed by atoms with Gasteiger partial charge in [0.2, 0.25) is 0 Å². The lowest BCUT2D eigenvalue weighted by Crippen LogP contribution is -2.18. The van der Waals surface area contributed by atoms with Gasteiger partial charge in [-0.15, -0.1) is 0 Å². The van der Waals surface area contributed by atoms with Crippen molar-refractivity contribution < 1.29 is 16.8 Å². The summed E-state index contributed by atoms with van der Waals surface area (Å²) in [5.41, 5.74) is 0. The number of hydrogen-bond acceptors (Lipinski definition) is 4. The van der Waals surface area contributed by atoms with Gasteiger partial charge >= 0.3 is 10.4 Å². The summed E-state index contributed by atoms with van der Waals surface area (Å²) < 4.78 is 33.4. The van der Waals surface area contributed by atoms with Gasteiger partial charge in [0.25, 0.3) is 0 Å². The van der Waals surface area contributed by atoms with Gasteiger partial charge in [-0.2, -0.15) is 8.42 Å².